The van der Waals surface area contributed by atoms with E-state index in [9.17, 15) is 9.18 Å². The standard InChI is InChI=1S/C20H25FN4O4/c1-27-17-8-3-13(9-18(17)28-2)10-22-19(26)25-15-4-6-16(7-5-15)29-20-23-11-14(21)12-24-20/h3,8-9,11-12,15-16H,4-7,10H2,1-2H3,(H2,22,25,26). The van der Waals surface area contributed by atoms with Gasteiger partial charge in [-0.15, -0.1) is 0 Å². The number of amides is 2. The molecule has 2 aromatic rings. The molecule has 1 aliphatic rings. The van der Waals surface area contributed by atoms with Crippen LogP contribution in [0.1, 0.15) is 31.2 Å². The highest BCUT2D eigenvalue weighted by molar-refractivity contribution is 5.74. The van der Waals surface area contributed by atoms with Crippen LogP contribution in [-0.4, -0.2) is 42.4 Å². The SMILES string of the molecule is COc1ccc(CNC(=O)NC2CCC(Oc3ncc(F)cn3)CC2)cc1OC. The van der Waals surface area contributed by atoms with Crippen LogP contribution in [0, 0.1) is 5.82 Å². The maximum Gasteiger partial charge on any atom is 0.316 e. The number of carbonyl (C=O) groups is 1. The average molecular weight is 404 g/mol. The minimum atomic E-state index is -0.496. The molecule has 0 bridgehead atoms. The summed E-state index contributed by atoms with van der Waals surface area (Å²) in [7, 11) is 3.15. The van der Waals surface area contributed by atoms with Crippen molar-refractivity contribution in [1.29, 1.82) is 0 Å². The quantitative estimate of drug-likeness (QED) is 0.737. The lowest BCUT2D eigenvalue weighted by atomic mass is 9.93. The third kappa shape index (κ3) is 5.94. The van der Waals surface area contributed by atoms with Gasteiger partial charge in [-0.05, 0) is 43.4 Å². The van der Waals surface area contributed by atoms with Crippen molar-refractivity contribution in [3.63, 3.8) is 0 Å². The molecular formula is C20H25FN4O4. The van der Waals surface area contributed by atoms with E-state index in [-0.39, 0.29) is 24.2 Å². The van der Waals surface area contributed by atoms with Gasteiger partial charge in [0.1, 0.15) is 6.10 Å². The topological polar surface area (TPSA) is 94.6 Å². The van der Waals surface area contributed by atoms with E-state index in [4.69, 9.17) is 14.2 Å². The molecule has 0 atom stereocenters. The molecule has 9 heteroatoms. The number of rotatable bonds is 7. The van der Waals surface area contributed by atoms with Gasteiger partial charge in [-0.25, -0.2) is 19.2 Å². The predicted octanol–water partition coefficient (Wildman–Crippen LogP) is 2.82. The first-order valence-electron chi connectivity index (χ1n) is 9.47. The third-order valence-electron chi connectivity index (χ3n) is 4.78. The van der Waals surface area contributed by atoms with Gasteiger partial charge in [0.25, 0.3) is 0 Å². The highest BCUT2D eigenvalue weighted by Gasteiger charge is 2.24. The van der Waals surface area contributed by atoms with E-state index in [1.165, 1.54) is 0 Å². The highest BCUT2D eigenvalue weighted by atomic mass is 19.1. The monoisotopic (exact) mass is 404 g/mol. The number of halogens is 1. The van der Waals surface area contributed by atoms with Crippen molar-refractivity contribution in [3.05, 3.63) is 42.0 Å². The molecule has 1 heterocycles. The Morgan fingerprint density at radius 1 is 1.10 bits per heavy atom. The van der Waals surface area contributed by atoms with Crippen LogP contribution in [0.4, 0.5) is 9.18 Å². The molecule has 2 amide bonds. The summed E-state index contributed by atoms with van der Waals surface area (Å²) in [5.41, 5.74) is 0.911. The summed E-state index contributed by atoms with van der Waals surface area (Å²) < 4.78 is 29.0. The number of methoxy groups -OCH3 is 2. The fourth-order valence-electron chi connectivity index (χ4n) is 3.24. The highest BCUT2D eigenvalue weighted by Crippen LogP contribution is 2.27. The zero-order chi connectivity index (χ0) is 20.6. The van der Waals surface area contributed by atoms with E-state index in [1.54, 1.807) is 20.3 Å². The molecule has 0 saturated heterocycles. The molecule has 3 rings (SSSR count). The van der Waals surface area contributed by atoms with Crippen molar-refractivity contribution < 1.29 is 23.4 Å². The van der Waals surface area contributed by atoms with E-state index in [1.807, 2.05) is 12.1 Å². The lowest BCUT2D eigenvalue weighted by Crippen LogP contribution is -2.44. The van der Waals surface area contributed by atoms with Crippen molar-refractivity contribution in [2.45, 2.75) is 44.4 Å². The summed E-state index contributed by atoms with van der Waals surface area (Å²) in [5, 5.41) is 5.85. The maximum atomic E-state index is 12.8. The largest absolute Gasteiger partial charge is 0.493 e. The molecule has 0 radical (unpaired) electrons. The summed E-state index contributed by atoms with van der Waals surface area (Å²) >= 11 is 0. The zero-order valence-corrected chi connectivity index (χ0v) is 16.5. The summed E-state index contributed by atoms with van der Waals surface area (Å²) in [6.45, 7) is 0.381. The average Bonchev–Trinajstić information content (AvgIpc) is 2.75. The molecule has 0 unspecified atom stereocenters. The van der Waals surface area contributed by atoms with Gasteiger partial charge in [0.2, 0.25) is 0 Å². The summed E-state index contributed by atoms with van der Waals surface area (Å²) in [5.74, 6) is 0.769. The number of hydrogen-bond donors (Lipinski definition) is 2. The second-order valence-electron chi connectivity index (χ2n) is 6.79. The number of aromatic nitrogens is 2. The van der Waals surface area contributed by atoms with Crippen LogP contribution in [0.25, 0.3) is 0 Å². The molecule has 1 fully saturated rings. The Kier molecular flexibility index (Phi) is 7.04. The first-order valence-corrected chi connectivity index (χ1v) is 9.47. The summed E-state index contributed by atoms with van der Waals surface area (Å²) in [4.78, 5) is 19.8. The van der Waals surface area contributed by atoms with Crippen LogP contribution in [0.3, 0.4) is 0 Å². The third-order valence-corrected chi connectivity index (χ3v) is 4.78. The van der Waals surface area contributed by atoms with Gasteiger partial charge in [-0.1, -0.05) is 6.07 Å². The van der Waals surface area contributed by atoms with Crippen LogP contribution in [-0.2, 0) is 6.54 Å². The molecular weight excluding hydrogens is 379 g/mol. The van der Waals surface area contributed by atoms with Crippen LogP contribution < -0.4 is 24.8 Å². The van der Waals surface area contributed by atoms with Gasteiger partial charge in [-0.2, -0.15) is 0 Å². The smallest absolute Gasteiger partial charge is 0.316 e. The molecule has 1 aromatic carbocycles. The van der Waals surface area contributed by atoms with Crippen LogP contribution in [0.15, 0.2) is 30.6 Å². The van der Waals surface area contributed by atoms with Crippen LogP contribution in [0.2, 0.25) is 0 Å². The Bertz CT molecular complexity index is 811. The molecule has 1 saturated carbocycles. The van der Waals surface area contributed by atoms with Crippen molar-refractivity contribution >= 4 is 6.03 Å². The van der Waals surface area contributed by atoms with E-state index < -0.39 is 5.82 Å². The summed E-state index contributed by atoms with van der Waals surface area (Å²) in [6.07, 6.45) is 5.23. The number of nitrogens with one attached hydrogen (secondary N) is 2. The Hall–Kier alpha value is -3.10. The molecule has 2 N–H and O–H groups in total. The number of carbonyl (C=O) groups excluding carboxylic acids is 1. The molecule has 0 aliphatic heterocycles. The predicted molar refractivity (Wildman–Crippen MR) is 104 cm³/mol. The van der Waals surface area contributed by atoms with Crippen molar-refractivity contribution in [3.8, 4) is 17.5 Å². The maximum absolute atomic E-state index is 12.8. The van der Waals surface area contributed by atoms with E-state index in [0.717, 1.165) is 43.6 Å². The first-order chi connectivity index (χ1) is 14.1. The summed E-state index contributed by atoms with van der Waals surface area (Å²) in [6, 6.07) is 5.55. The Morgan fingerprint density at radius 2 is 1.79 bits per heavy atom. The van der Waals surface area contributed by atoms with Gasteiger partial charge < -0.3 is 24.8 Å². The minimum Gasteiger partial charge on any atom is -0.493 e. The molecule has 156 valence electrons. The number of nitrogens with zero attached hydrogens (tertiary/aromatic N) is 2. The minimum absolute atomic E-state index is 0.0339. The van der Waals surface area contributed by atoms with Gasteiger partial charge >= 0.3 is 12.0 Å². The number of hydrogen-bond acceptors (Lipinski definition) is 6. The molecule has 1 aromatic heterocycles. The normalized spacial score (nSPS) is 18.6. The van der Waals surface area contributed by atoms with Gasteiger partial charge in [-0.3, -0.25) is 0 Å². The van der Waals surface area contributed by atoms with Crippen molar-refractivity contribution in [1.82, 2.24) is 20.6 Å². The second kappa shape index (κ2) is 9.90. The fourth-order valence-corrected chi connectivity index (χ4v) is 3.24. The molecule has 29 heavy (non-hydrogen) atoms. The van der Waals surface area contributed by atoms with Crippen molar-refractivity contribution in [2.24, 2.45) is 0 Å². The second-order valence-corrected chi connectivity index (χ2v) is 6.79. The zero-order valence-electron chi connectivity index (χ0n) is 16.5. The molecule has 1 aliphatic carbocycles. The Morgan fingerprint density at radius 3 is 2.45 bits per heavy atom. The van der Waals surface area contributed by atoms with Gasteiger partial charge in [0.15, 0.2) is 17.3 Å². The fraction of sp³-hybridized carbons (Fsp3) is 0.450. The number of benzene rings is 1. The Balaban J connectivity index is 1.40. The first kappa shape index (κ1) is 20.6. The van der Waals surface area contributed by atoms with E-state index in [0.29, 0.717) is 18.0 Å². The molecule has 0 spiro atoms. The van der Waals surface area contributed by atoms with Gasteiger partial charge in [0.05, 0.1) is 26.6 Å². The Labute approximate surface area is 168 Å². The van der Waals surface area contributed by atoms with E-state index >= 15 is 0 Å². The van der Waals surface area contributed by atoms with E-state index in [2.05, 4.69) is 20.6 Å². The van der Waals surface area contributed by atoms with Crippen molar-refractivity contribution in [2.75, 3.05) is 14.2 Å². The van der Waals surface area contributed by atoms with Gasteiger partial charge in [0, 0.05) is 12.6 Å². The lowest BCUT2D eigenvalue weighted by molar-refractivity contribution is 0.128. The number of ether oxygens (including phenoxy) is 3. The number of urea groups is 1. The van der Waals surface area contributed by atoms with Crippen LogP contribution in [0.5, 0.6) is 17.5 Å². The molecule has 8 nitrogen and oxygen atoms in total. The lowest BCUT2D eigenvalue weighted by Gasteiger charge is -2.28. The van der Waals surface area contributed by atoms with Crippen LogP contribution >= 0.6 is 0 Å².